The molecular weight excluding hydrogens is 528 g/mol. The van der Waals surface area contributed by atoms with Crippen LogP contribution in [0.2, 0.25) is 5.02 Å². The zero-order valence-electron chi connectivity index (χ0n) is 20.3. The van der Waals surface area contributed by atoms with Crippen LogP contribution in [0.25, 0.3) is 0 Å². The molecule has 0 unspecified atom stereocenters. The maximum absolute atomic E-state index is 13.2. The Morgan fingerprint density at radius 2 is 1.67 bits per heavy atom. The number of carbonyl (C=O) groups is 4. The fourth-order valence-electron chi connectivity index (χ4n) is 3.59. The van der Waals surface area contributed by atoms with E-state index >= 15 is 0 Å². The molecule has 0 saturated carbocycles. The Labute approximate surface area is 226 Å². The number of hydrogen-bond acceptors (Lipinski definition) is 9. The van der Waals surface area contributed by atoms with Crippen molar-refractivity contribution in [1.29, 1.82) is 0 Å². The number of anilines is 1. The van der Waals surface area contributed by atoms with E-state index < -0.39 is 41.0 Å². The Morgan fingerprint density at radius 1 is 1.03 bits per heavy atom. The van der Waals surface area contributed by atoms with Gasteiger partial charge in [0, 0.05) is 22.7 Å². The molecule has 196 valence electrons. The van der Waals surface area contributed by atoms with Crippen LogP contribution in [0.15, 0.2) is 94.2 Å². The van der Waals surface area contributed by atoms with E-state index in [1.54, 1.807) is 18.2 Å². The van der Waals surface area contributed by atoms with Crippen LogP contribution in [0, 0.1) is 10.1 Å². The van der Waals surface area contributed by atoms with Crippen molar-refractivity contribution in [1.82, 2.24) is 5.01 Å². The third kappa shape index (κ3) is 6.08. The number of amides is 4. The summed E-state index contributed by atoms with van der Waals surface area (Å²) in [5.74, 6) is -3.34. The molecule has 0 fully saturated rings. The van der Waals surface area contributed by atoms with E-state index in [1.807, 2.05) is 0 Å². The van der Waals surface area contributed by atoms with Crippen LogP contribution >= 0.6 is 11.6 Å². The molecule has 0 N–H and O–H groups in total. The second-order valence-electron chi connectivity index (χ2n) is 8.23. The minimum atomic E-state index is -1.22. The van der Waals surface area contributed by atoms with Gasteiger partial charge in [-0.3, -0.25) is 29.3 Å². The minimum absolute atomic E-state index is 0.136. The fraction of sp³-hybridized carbons (Fsp3) is 0.115. The van der Waals surface area contributed by atoms with Gasteiger partial charge in [0.15, 0.2) is 6.04 Å². The SMILES string of the molecule is CC1=NN(C(=O)CC(=O)N(C(=O)c2ccccc2)c2ccc(Cl)cc2)C(=O)[C@@H]1N=Nc1ccc([N+](=O)[O-])cc1. The van der Waals surface area contributed by atoms with E-state index in [4.69, 9.17) is 11.6 Å². The molecule has 0 saturated heterocycles. The zero-order valence-corrected chi connectivity index (χ0v) is 21.1. The quantitative estimate of drug-likeness (QED) is 0.181. The van der Waals surface area contributed by atoms with Crippen molar-refractivity contribution in [3.05, 3.63) is 99.6 Å². The predicted molar refractivity (Wildman–Crippen MR) is 141 cm³/mol. The highest BCUT2D eigenvalue weighted by molar-refractivity contribution is 6.31. The molecular formula is C26H19ClN6O6. The van der Waals surface area contributed by atoms with E-state index in [2.05, 4.69) is 15.3 Å². The van der Waals surface area contributed by atoms with Gasteiger partial charge in [-0.25, -0.2) is 4.90 Å². The first-order chi connectivity index (χ1) is 18.7. The Morgan fingerprint density at radius 3 is 2.28 bits per heavy atom. The van der Waals surface area contributed by atoms with Gasteiger partial charge in [0.1, 0.15) is 6.42 Å². The van der Waals surface area contributed by atoms with Crippen LogP contribution in [-0.2, 0) is 14.4 Å². The van der Waals surface area contributed by atoms with E-state index in [0.717, 1.165) is 4.90 Å². The highest BCUT2D eigenvalue weighted by atomic mass is 35.5. The topological polar surface area (TPSA) is 155 Å². The molecule has 0 aliphatic carbocycles. The van der Waals surface area contributed by atoms with Crippen molar-refractivity contribution >= 4 is 58.0 Å². The molecule has 0 aromatic heterocycles. The maximum Gasteiger partial charge on any atom is 0.282 e. The molecule has 0 spiro atoms. The summed E-state index contributed by atoms with van der Waals surface area (Å²) in [4.78, 5) is 63.4. The number of hydrogen-bond donors (Lipinski definition) is 0. The van der Waals surface area contributed by atoms with Gasteiger partial charge in [-0.05, 0) is 55.5 Å². The van der Waals surface area contributed by atoms with E-state index in [1.165, 1.54) is 67.6 Å². The van der Waals surface area contributed by atoms with Crippen molar-refractivity contribution in [2.24, 2.45) is 15.3 Å². The van der Waals surface area contributed by atoms with Gasteiger partial charge in [0.25, 0.3) is 23.4 Å². The first kappa shape index (κ1) is 26.9. The van der Waals surface area contributed by atoms with Crippen LogP contribution < -0.4 is 4.90 Å². The van der Waals surface area contributed by atoms with E-state index in [9.17, 15) is 29.3 Å². The number of hydrazone groups is 1. The molecule has 1 heterocycles. The Hall–Kier alpha value is -5.10. The van der Waals surface area contributed by atoms with Gasteiger partial charge in [-0.15, -0.1) is 0 Å². The highest BCUT2D eigenvalue weighted by Gasteiger charge is 2.39. The monoisotopic (exact) mass is 546 g/mol. The molecule has 39 heavy (non-hydrogen) atoms. The number of nitrogens with zero attached hydrogens (tertiary/aromatic N) is 6. The number of halogens is 1. The average Bonchev–Trinajstić information content (AvgIpc) is 3.22. The summed E-state index contributed by atoms with van der Waals surface area (Å²) in [5, 5.41) is 23.5. The largest absolute Gasteiger partial charge is 0.282 e. The first-order valence-electron chi connectivity index (χ1n) is 11.4. The Balaban J connectivity index is 1.50. The van der Waals surface area contributed by atoms with Crippen LogP contribution in [0.3, 0.4) is 0 Å². The summed E-state index contributed by atoms with van der Waals surface area (Å²) in [6.07, 6.45) is -0.837. The van der Waals surface area contributed by atoms with Crippen molar-refractivity contribution in [2.45, 2.75) is 19.4 Å². The lowest BCUT2D eigenvalue weighted by Gasteiger charge is -2.21. The van der Waals surface area contributed by atoms with Crippen LogP contribution in [0.5, 0.6) is 0 Å². The normalized spacial score (nSPS) is 14.8. The van der Waals surface area contributed by atoms with Gasteiger partial charge in [-0.2, -0.15) is 20.3 Å². The Kier molecular flexibility index (Phi) is 7.96. The third-order valence-electron chi connectivity index (χ3n) is 5.54. The Bertz CT molecular complexity index is 1510. The van der Waals surface area contributed by atoms with Crippen LogP contribution in [-0.4, -0.2) is 45.3 Å². The summed E-state index contributed by atoms with van der Waals surface area (Å²) in [5.41, 5.74) is 0.670. The number of nitro benzene ring substituents is 1. The lowest BCUT2D eigenvalue weighted by atomic mass is 10.1. The minimum Gasteiger partial charge on any atom is -0.273 e. The summed E-state index contributed by atoms with van der Waals surface area (Å²) < 4.78 is 0. The summed E-state index contributed by atoms with van der Waals surface area (Å²) in [7, 11) is 0. The molecule has 12 nitrogen and oxygen atoms in total. The standard InChI is InChI=1S/C26H19ClN6O6/c1-16-24(29-28-19-9-13-21(14-10-19)33(38)39)26(37)32(30-16)23(35)15-22(34)31(20-11-7-18(27)8-12-20)25(36)17-5-3-2-4-6-17/h2-14,24H,15H2,1H3/t24-/m1/s1. The van der Waals surface area contributed by atoms with E-state index in [0.29, 0.717) is 10.0 Å². The molecule has 0 radical (unpaired) electrons. The van der Waals surface area contributed by atoms with Crippen LogP contribution in [0.1, 0.15) is 23.7 Å². The van der Waals surface area contributed by atoms with Crippen molar-refractivity contribution < 1.29 is 24.1 Å². The maximum atomic E-state index is 13.2. The second kappa shape index (κ2) is 11.5. The van der Waals surface area contributed by atoms with Crippen LogP contribution in [0.4, 0.5) is 17.1 Å². The average molecular weight is 547 g/mol. The second-order valence-corrected chi connectivity index (χ2v) is 8.67. The molecule has 4 amide bonds. The number of rotatable bonds is 7. The highest BCUT2D eigenvalue weighted by Crippen LogP contribution is 2.24. The molecule has 3 aromatic carbocycles. The molecule has 1 aliphatic heterocycles. The number of non-ortho nitro benzene ring substituents is 1. The van der Waals surface area contributed by atoms with Crippen molar-refractivity contribution in [3.63, 3.8) is 0 Å². The molecule has 3 aromatic rings. The lowest BCUT2D eigenvalue weighted by Crippen LogP contribution is -2.41. The van der Waals surface area contributed by atoms with Crippen molar-refractivity contribution in [3.8, 4) is 0 Å². The number of nitro groups is 1. The van der Waals surface area contributed by atoms with E-state index in [-0.39, 0.29) is 28.3 Å². The summed E-state index contributed by atoms with van der Waals surface area (Å²) in [6, 6.07) is 17.9. The molecule has 1 aliphatic rings. The number of azo groups is 1. The van der Waals surface area contributed by atoms with Gasteiger partial charge >= 0.3 is 0 Å². The first-order valence-corrected chi connectivity index (χ1v) is 11.8. The van der Waals surface area contributed by atoms with Gasteiger partial charge in [-0.1, -0.05) is 29.8 Å². The molecule has 13 heteroatoms. The van der Waals surface area contributed by atoms with Gasteiger partial charge in [0.2, 0.25) is 5.91 Å². The summed E-state index contributed by atoms with van der Waals surface area (Å²) >= 11 is 5.95. The predicted octanol–water partition coefficient (Wildman–Crippen LogP) is 4.71. The van der Waals surface area contributed by atoms with Gasteiger partial charge in [0.05, 0.1) is 22.0 Å². The molecule has 0 bridgehead atoms. The van der Waals surface area contributed by atoms with Gasteiger partial charge < -0.3 is 0 Å². The smallest absolute Gasteiger partial charge is 0.273 e. The zero-order chi connectivity index (χ0) is 28.1. The summed E-state index contributed by atoms with van der Waals surface area (Å²) in [6.45, 7) is 1.46. The lowest BCUT2D eigenvalue weighted by molar-refractivity contribution is -0.384. The fourth-order valence-corrected chi connectivity index (χ4v) is 3.72. The number of carbonyl (C=O) groups excluding carboxylic acids is 4. The molecule has 1 atom stereocenters. The van der Waals surface area contributed by atoms with Crippen molar-refractivity contribution in [2.75, 3.05) is 4.90 Å². The number of benzene rings is 3. The molecule has 4 rings (SSSR count). The third-order valence-corrected chi connectivity index (χ3v) is 5.79. The number of imide groups is 2.